The zero-order valence-corrected chi connectivity index (χ0v) is 13.9. The van der Waals surface area contributed by atoms with E-state index in [1.165, 1.54) is 31.6 Å². The number of hydrogen-bond donors (Lipinski definition) is 2. The van der Waals surface area contributed by atoms with Crippen LogP contribution in [0.15, 0.2) is 41.0 Å². The van der Waals surface area contributed by atoms with Crippen LogP contribution in [0, 0.1) is 5.82 Å². The molecule has 1 fully saturated rings. The van der Waals surface area contributed by atoms with Crippen molar-refractivity contribution in [3.05, 3.63) is 48.2 Å². The van der Waals surface area contributed by atoms with E-state index in [0.29, 0.717) is 24.5 Å². The molecule has 2 amide bonds. The molecular formula is C18H21FN2O4. The van der Waals surface area contributed by atoms with Crippen molar-refractivity contribution in [3.8, 4) is 5.75 Å². The average Bonchev–Trinajstić information content (AvgIpc) is 3.26. The van der Waals surface area contributed by atoms with Crippen molar-refractivity contribution in [3.63, 3.8) is 0 Å². The number of hydrogen-bond acceptors (Lipinski definition) is 4. The number of aliphatic hydroxyl groups excluding tert-OH is 1. The first-order valence-corrected chi connectivity index (χ1v) is 8.21. The second kappa shape index (κ2) is 7.57. The van der Waals surface area contributed by atoms with Gasteiger partial charge in [-0.1, -0.05) is 0 Å². The summed E-state index contributed by atoms with van der Waals surface area (Å²) in [7, 11) is 1.46. The number of furan rings is 1. The van der Waals surface area contributed by atoms with E-state index < -0.39 is 11.9 Å². The van der Waals surface area contributed by atoms with Gasteiger partial charge >= 0.3 is 6.03 Å². The van der Waals surface area contributed by atoms with E-state index in [9.17, 15) is 14.3 Å². The summed E-state index contributed by atoms with van der Waals surface area (Å²) in [6.45, 7) is 0.582. The molecule has 0 bridgehead atoms. The summed E-state index contributed by atoms with van der Waals surface area (Å²) in [5.74, 6) is 0.419. The number of amides is 2. The van der Waals surface area contributed by atoms with Gasteiger partial charge in [0.15, 0.2) is 0 Å². The van der Waals surface area contributed by atoms with Gasteiger partial charge in [-0.15, -0.1) is 0 Å². The summed E-state index contributed by atoms with van der Waals surface area (Å²) in [5, 5.41) is 13.0. The number of methoxy groups -OCH3 is 1. The van der Waals surface area contributed by atoms with E-state index >= 15 is 0 Å². The summed E-state index contributed by atoms with van der Waals surface area (Å²) >= 11 is 0. The van der Waals surface area contributed by atoms with Crippen molar-refractivity contribution < 1.29 is 23.4 Å². The molecule has 2 atom stereocenters. The zero-order chi connectivity index (χ0) is 17.8. The Kier molecular flexibility index (Phi) is 5.23. The van der Waals surface area contributed by atoms with E-state index in [0.717, 1.165) is 12.8 Å². The number of ether oxygens (including phenoxy) is 1. The van der Waals surface area contributed by atoms with Crippen molar-refractivity contribution in [2.45, 2.75) is 31.4 Å². The van der Waals surface area contributed by atoms with Crippen LogP contribution in [0.3, 0.4) is 0 Å². The number of nitrogens with zero attached hydrogens (tertiary/aromatic N) is 1. The molecule has 134 valence electrons. The molecule has 0 aliphatic carbocycles. The molecule has 0 radical (unpaired) electrons. The zero-order valence-electron chi connectivity index (χ0n) is 13.9. The lowest BCUT2D eigenvalue weighted by Crippen LogP contribution is -2.39. The van der Waals surface area contributed by atoms with E-state index in [4.69, 9.17) is 9.15 Å². The quantitative estimate of drug-likeness (QED) is 0.866. The van der Waals surface area contributed by atoms with Gasteiger partial charge in [0.05, 0.1) is 19.1 Å². The SMILES string of the molecule is COc1ccc(F)cc1NC(=O)N1CCCC1CC(O)c1ccco1. The molecular weight excluding hydrogens is 327 g/mol. The fourth-order valence-corrected chi connectivity index (χ4v) is 3.17. The first-order chi connectivity index (χ1) is 12.1. The Bertz CT molecular complexity index is 720. The summed E-state index contributed by atoms with van der Waals surface area (Å²) in [5.41, 5.74) is 0.282. The van der Waals surface area contributed by atoms with E-state index in [2.05, 4.69) is 5.32 Å². The summed E-state index contributed by atoms with van der Waals surface area (Å²) < 4.78 is 23.8. The standard InChI is InChI=1S/C18H21FN2O4/c1-24-16-7-6-12(19)10-14(16)20-18(23)21-8-2-4-13(21)11-15(22)17-5-3-9-25-17/h3,5-7,9-10,13,15,22H,2,4,8,11H2,1H3,(H,20,23). The number of urea groups is 1. The third-order valence-corrected chi connectivity index (χ3v) is 4.41. The molecule has 0 spiro atoms. The number of anilines is 1. The van der Waals surface area contributed by atoms with Gasteiger partial charge < -0.3 is 24.5 Å². The Morgan fingerprint density at radius 1 is 1.52 bits per heavy atom. The molecule has 1 aromatic heterocycles. The van der Waals surface area contributed by atoms with Gasteiger partial charge in [0.2, 0.25) is 0 Å². The van der Waals surface area contributed by atoms with Gasteiger partial charge in [0.1, 0.15) is 23.4 Å². The van der Waals surface area contributed by atoms with Crippen molar-refractivity contribution in [2.75, 3.05) is 19.0 Å². The molecule has 2 aromatic rings. The number of aliphatic hydroxyl groups is 1. The van der Waals surface area contributed by atoms with Crippen molar-refractivity contribution >= 4 is 11.7 Å². The van der Waals surface area contributed by atoms with E-state index in [1.807, 2.05) is 0 Å². The van der Waals surface area contributed by atoms with Crippen LogP contribution >= 0.6 is 0 Å². The lowest BCUT2D eigenvalue weighted by molar-refractivity contribution is 0.110. The molecule has 1 aliphatic heterocycles. The lowest BCUT2D eigenvalue weighted by atomic mass is 10.1. The number of nitrogens with one attached hydrogen (secondary N) is 1. The third kappa shape index (κ3) is 3.93. The fourth-order valence-electron chi connectivity index (χ4n) is 3.17. The normalized spacial score (nSPS) is 18.2. The van der Waals surface area contributed by atoms with E-state index in [1.54, 1.807) is 17.0 Å². The molecule has 0 saturated carbocycles. The first-order valence-electron chi connectivity index (χ1n) is 8.21. The largest absolute Gasteiger partial charge is 0.495 e. The van der Waals surface area contributed by atoms with Crippen molar-refractivity contribution in [1.82, 2.24) is 4.90 Å². The molecule has 1 aliphatic rings. The third-order valence-electron chi connectivity index (χ3n) is 4.41. The Hall–Kier alpha value is -2.54. The van der Waals surface area contributed by atoms with Crippen LogP contribution in [0.5, 0.6) is 5.75 Å². The van der Waals surface area contributed by atoms with Crippen LogP contribution in [0.25, 0.3) is 0 Å². The summed E-state index contributed by atoms with van der Waals surface area (Å²) in [4.78, 5) is 14.3. The van der Waals surface area contributed by atoms with Gasteiger partial charge in [-0.05, 0) is 37.1 Å². The summed E-state index contributed by atoms with van der Waals surface area (Å²) in [6.07, 6.45) is 2.78. The van der Waals surface area contributed by atoms with Crippen molar-refractivity contribution in [2.24, 2.45) is 0 Å². The number of rotatable bonds is 5. The minimum absolute atomic E-state index is 0.111. The smallest absolute Gasteiger partial charge is 0.322 e. The van der Waals surface area contributed by atoms with Gasteiger partial charge in [-0.25, -0.2) is 9.18 Å². The maximum absolute atomic E-state index is 13.5. The van der Waals surface area contributed by atoms with Gasteiger partial charge in [0.25, 0.3) is 0 Å². The predicted octanol–water partition coefficient (Wildman–Crippen LogP) is 3.55. The van der Waals surface area contributed by atoms with Crippen LogP contribution < -0.4 is 10.1 Å². The minimum Gasteiger partial charge on any atom is -0.495 e. The second-order valence-corrected chi connectivity index (χ2v) is 6.03. The number of likely N-dealkylation sites (tertiary alicyclic amines) is 1. The van der Waals surface area contributed by atoms with Crippen LogP contribution in [0.2, 0.25) is 0 Å². The highest BCUT2D eigenvalue weighted by molar-refractivity contribution is 5.91. The Balaban J connectivity index is 1.67. The second-order valence-electron chi connectivity index (χ2n) is 6.03. The highest BCUT2D eigenvalue weighted by Crippen LogP contribution is 2.30. The monoisotopic (exact) mass is 348 g/mol. The topological polar surface area (TPSA) is 74.9 Å². The van der Waals surface area contributed by atoms with Gasteiger partial charge in [0, 0.05) is 25.1 Å². The average molecular weight is 348 g/mol. The molecule has 2 heterocycles. The molecule has 7 heteroatoms. The maximum atomic E-state index is 13.5. The highest BCUT2D eigenvalue weighted by Gasteiger charge is 2.31. The Labute approximate surface area is 145 Å². The van der Waals surface area contributed by atoms with Crippen LogP contribution in [-0.4, -0.2) is 35.7 Å². The number of benzene rings is 1. The first kappa shape index (κ1) is 17.3. The molecule has 1 saturated heterocycles. The van der Waals surface area contributed by atoms with E-state index in [-0.39, 0.29) is 17.8 Å². The molecule has 2 N–H and O–H groups in total. The van der Waals surface area contributed by atoms with Crippen LogP contribution in [-0.2, 0) is 0 Å². The maximum Gasteiger partial charge on any atom is 0.322 e. The lowest BCUT2D eigenvalue weighted by Gasteiger charge is -2.26. The van der Waals surface area contributed by atoms with Crippen LogP contribution in [0.1, 0.15) is 31.1 Å². The predicted molar refractivity (Wildman–Crippen MR) is 90.0 cm³/mol. The van der Waals surface area contributed by atoms with Gasteiger partial charge in [-0.3, -0.25) is 0 Å². The number of carbonyl (C=O) groups excluding carboxylic acids is 1. The number of halogens is 1. The Morgan fingerprint density at radius 3 is 3.08 bits per heavy atom. The van der Waals surface area contributed by atoms with Crippen LogP contribution in [0.4, 0.5) is 14.9 Å². The Morgan fingerprint density at radius 2 is 2.36 bits per heavy atom. The highest BCUT2D eigenvalue weighted by atomic mass is 19.1. The molecule has 1 aromatic carbocycles. The molecule has 6 nitrogen and oxygen atoms in total. The molecule has 25 heavy (non-hydrogen) atoms. The van der Waals surface area contributed by atoms with Gasteiger partial charge in [-0.2, -0.15) is 0 Å². The summed E-state index contributed by atoms with van der Waals surface area (Å²) in [6, 6.07) is 6.94. The number of carbonyl (C=O) groups is 1. The molecule has 2 unspecified atom stereocenters. The van der Waals surface area contributed by atoms with Crippen molar-refractivity contribution in [1.29, 1.82) is 0 Å². The molecule has 3 rings (SSSR count). The minimum atomic E-state index is -0.767. The fraction of sp³-hybridized carbons (Fsp3) is 0.389.